The van der Waals surface area contributed by atoms with E-state index < -0.39 is 0 Å². The van der Waals surface area contributed by atoms with Gasteiger partial charge in [-0.25, -0.2) is 15.0 Å². The van der Waals surface area contributed by atoms with Gasteiger partial charge in [0.2, 0.25) is 0 Å². The Bertz CT molecular complexity index is 2350. The lowest BCUT2D eigenvalue weighted by molar-refractivity contribution is 0.418. The van der Waals surface area contributed by atoms with Gasteiger partial charge in [0.1, 0.15) is 5.75 Å². The Morgan fingerprint density at radius 1 is 0.468 bits per heavy atom. The zero-order valence-electron chi connectivity index (χ0n) is 26.1. The van der Waals surface area contributed by atoms with Gasteiger partial charge in [0.05, 0.1) is 22.3 Å². The second-order valence-corrected chi connectivity index (χ2v) is 12.5. The van der Waals surface area contributed by atoms with Gasteiger partial charge >= 0.3 is 0 Å². The summed E-state index contributed by atoms with van der Waals surface area (Å²) in [4.78, 5) is 15.0. The quantitative estimate of drug-likeness (QED) is 0.200. The van der Waals surface area contributed by atoms with E-state index in [1.165, 1.54) is 10.8 Å². The molecule has 3 heterocycles. The zero-order chi connectivity index (χ0) is 31.5. The van der Waals surface area contributed by atoms with Crippen molar-refractivity contribution in [1.82, 2.24) is 19.5 Å². The molecule has 5 heteroatoms. The molecule has 1 aliphatic heterocycles. The molecule has 0 spiro atoms. The Morgan fingerprint density at radius 3 is 1.55 bits per heavy atom. The third kappa shape index (κ3) is 4.27. The number of hydrogen-bond acceptors (Lipinski definition) is 4. The highest BCUT2D eigenvalue weighted by molar-refractivity contribution is 6.09. The lowest BCUT2D eigenvalue weighted by Crippen LogP contribution is -2.25. The number of hydrogen-bond donors (Lipinski definition) is 0. The van der Waals surface area contributed by atoms with Crippen molar-refractivity contribution in [3.63, 3.8) is 0 Å². The fourth-order valence-corrected chi connectivity index (χ4v) is 6.97. The number of ether oxygens (including phenoxy) is 1. The molecule has 6 aromatic carbocycles. The number of fused-ring (bicyclic) bond motifs is 5. The summed E-state index contributed by atoms with van der Waals surface area (Å²) >= 11 is 0. The maximum atomic E-state index is 7.12. The minimum Gasteiger partial charge on any atom is -0.454 e. The molecule has 0 unspecified atom stereocenters. The first-order valence-electron chi connectivity index (χ1n) is 15.9. The molecule has 9 rings (SSSR count). The van der Waals surface area contributed by atoms with Crippen LogP contribution in [0.25, 0.3) is 61.7 Å². The van der Waals surface area contributed by atoms with Crippen LogP contribution in [0.15, 0.2) is 146 Å². The van der Waals surface area contributed by atoms with Crippen molar-refractivity contribution in [3.05, 3.63) is 157 Å². The number of benzene rings is 6. The molecule has 1 aliphatic rings. The van der Waals surface area contributed by atoms with E-state index in [0.717, 1.165) is 56.0 Å². The molecule has 0 saturated heterocycles. The van der Waals surface area contributed by atoms with Crippen molar-refractivity contribution in [2.45, 2.75) is 19.3 Å². The van der Waals surface area contributed by atoms with Crippen LogP contribution in [0.3, 0.4) is 0 Å². The first-order chi connectivity index (χ1) is 23.1. The van der Waals surface area contributed by atoms with Crippen LogP contribution in [-0.4, -0.2) is 19.5 Å². The summed E-state index contributed by atoms with van der Waals surface area (Å²) in [5.74, 6) is 3.41. The maximum Gasteiger partial charge on any atom is 0.167 e. The molecule has 47 heavy (non-hydrogen) atoms. The van der Waals surface area contributed by atoms with Gasteiger partial charge in [0.25, 0.3) is 0 Å². The third-order valence-corrected chi connectivity index (χ3v) is 9.32. The summed E-state index contributed by atoms with van der Waals surface area (Å²) in [6, 6.07) is 50.1. The topological polar surface area (TPSA) is 52.8 Å². The SMILES string of the molecule is CC1(C)c2cccc(-c3nc(-c4ccccc4)nc(-c4ccccc4)n3)c2Oc2c(-n3c4ccccc4c4ccccc43)cccc21. The van der Waals surface area contributed by atoms with E-state index in [9.17, 15) is 0 Å². The smallest absolute Gasteiger partial charge is 0.167 e. The number of para-hydroxylation sites is 4. The summed E-state index contributed by atoms with van der Waals surface area (Å²) in [6.07, 6.45) is 0. The Labute approximate surface area is 272 Å². The molecule has 0 bridgehead atoms. The van der Waals surface area contributed by atoms with Crippen molar-refractivity contribution < 1.29 is 4.74 Å². The second-order valence-electron chi connectivity index (χ2n) is 12.5. The highest BCUT2D eigenvalue weighted by Crippen LogP contribution is 2.53. The molecular formula is C42H30N4O. The Morgan fingerprint density at radius 2 is 0.957 bits per heavy atom. The summed E-state index contributed by atoms with van der Waals surface area (Å²) in [6.45, 7) is 4.54. The monoisotopic (exact) mass is 606 g/mol. The highest BCUT2D eigenvalue weighted by atomic mass is 16.5. The lowest BCUT2D eigenvalue weighted by atomic mass is 9.75. The normalized spacial score (nSPS) is 13.2. The van der Waals surface area contributed by atoms with E-state index in [-0.39, 0.29) is 5.41 Å². The molecule has 0 fully saturated rings. The molecule has 224 valence electrons. The van der Waals surface area contributed by atoms with Crippen molar-refractivity contribution in [2.75, 3.05) is 0 Å². The number of rotatable bonds is 4. The first kappa shape index (κ1) is 27.3. The van der Waals surface area contributed by atoms with Gasteiger partial charge in [0, 0.05) is 38.4 Å². The summed E-state index contributed by atoms with van der Waals surface area (Å²) in [5.41, 5.74) is 7.83. The highest BCUT2D eigenvalue weighted by Gasteiger charge is 2.38. The summed E-state index contributed by atoms with van der Waals surface area (Å²) in [7, 11) is 0. The Balaban J connectivity index is 1.28. The molecule has 0 N–H and O–H groups in total. The standard InChI is InChI=1S/C42H30N4O/c1-42(2)32-22-13-21-31(41-44-39(27-15-5-3-6-16-27)43-40(45-41)28-17-7-4-8-18-28)37(32)47-38-33(42)23-14-26-36(38)46-34-24-11-9-19-29(34)30-20-10-12-25-35(30)46/h3-26H,1-2H3. The van der Waals surface area contributed by atoms with Crippen LogP contribution in [0.2, 0.25) is 0 Å². The van der Waals surface area contributed by atoms with Gasteiger partial charge in [0.15, 0.2) is 23.2 Å². The van der Waals surface area contributed by atoms with Crippen LogP contribution in [0, 0.1) is 0 Å². The van der Waals surface area contributed by atoms with Crippen LogP contribution < -0.4 is 4.74 Å². The fraction of sp³-hybridized carbons (Fsp3) is 0.0714. The molecule has 5 nitrogen and oxygen atoms in total. The molecule has 2 aromatic heterocycles. The van der Waals surface area contributed by atoms with Gasteiger partial charge in [-0.2, -0.15) is 0 Å². The zero-order valence-corrected chi connectivity index (χ0v) is 26.1. The van der Waals surface area contributed by atoms with Crippen molar-refractivity contribution >= 4 is 21.8 Å². The average molecular weight is 607 g/mol. The Kier molecular flexibility index (Phi) is 6.09. The molecule has 0 radical (unpaired) electrons. The van der Waals surface area contributed by atoms with Crippen LogP contribution >= 0.6 is 0 Å². The van der Waals surface area contributed by atoms with E-state index in [2.05, 4.69) is 103 Å². The van der Waals surface area contributed by atoms with Gasteiger partial charge < -0.3 is 9.30 Å². The Hall–Kier alpha value is -6.07. The van der Waals surface area contributed by atoms with Crippen LogP contribution in [0.1, 0.15) is 25.0 Å². The van der Waals surface area contributed by atoms with Gasteiger partial charge in [-0.1, -0.05) is 135 Å². The lowest BCUT2D eigenvalue weighted by Gasteiger charge is -2.36. The van der Waals surface area contributed by atoms with Crippen molar-refractivity contribution in [3.8, 4) is 51.3 Å². The molecule has 0 amide bonds. The number of nitrogens with zero attached hydrogens (tertiary/aromatic N) is 4. The molecular weight excluding hydrogens is 576 g/mol. The van der Waals surface area contributed by atoms with Crippen molar-refractivity contribution in [1.29, 1.82) is 0 Å². The average Bonchev–Trinajstić information content (AvgIpc) is 3.46. The van der Waals surface area contributed by atoms with Crippen LogP contribution in [-0.2, 0) is 5.41 Å². The van der Waals surface area contributed by atoms with E-state index >= 15 is 0 Å². The van der Waals surface area contributed by atoms with E-state index in [1.807, 2.05) is 60.7 Å². The first-order valence-corrected chi connectivity index (χ1v) is 15.9. The predicted octanol–water partition coefficient (Wildman–Crippen LogP) is 10.4. The largest absolute Gasteiger partial charge is 0.454 e. The summed E-state index contributed by atoms with van der Waals surface area (Å²) in [5, 5.41) is 2.42. The van der Waals surface area contributed by atoms with E-state index in [1.54, 1.807) is 0 Å². The van der Waals surface area contributed by atoms with Crippen LogP contribution in [0.4, 0.5) is 0 Å². The number of aromatic nitrogens is 4. The second kappa shape index (κ2) is 10.5. The maximum absolute atomic E-state index is 7.12. The van der Waals surface area contributed by atoms with Gasteiger partial charge in [-0.15, -0.1) is 0 Å². The molecule has 0 atom stereocenters. The molecule has 0 aliphatic carbocycles. The molecule has 0 saturated carbocycles. The van der Waals surface area contributed by atoms with Crippen molar-refractivity contribution in [2.24, 2.45) is 0 Å². The van der Waals surface area contributed by atoms with Crippen LogP contribution in [0.5, 0.6) is 11.5 Å². The molecule has 8 aromatic rings. The van der Waals surface area contributed by atoms with E-state index in [0.29, 0.717) is 17.5 Å². The van der Waals surface area contributed by atoms with Gasteiger partial charge in [-0.05, 0) is 24.3 Å². The predicted molar refractivity (Wildman–Crippen MR) is 189 cm³/mol. The fourth-order valence-electron chi connectivity index (χ4n) is 6.97. The third-order valence-electron chi connectivity index (χ3n) is 9.32. The minimum absolute atomic E-state index is 0.356. The minimum atomic E-state index is -0.356. The van der Waals surface area contributed by atoms with Gasteiger partial charge in [-0.3, -0.25) is 0 Å². The van der Waals surface area contributed by atoms with E-state index in [4.69, 9.17) is 19.7 Å². The summed E-state index contributed by atoms with van der Waals surface area (Å²) < 4.78 is 9.45.